The summed E-state index contributed by atoms with van der Waals surface area (Å²) in [4.78, 5) is 28.8. The van der Waals surface area contributed by atoms with E-state index in [4.69, 9.17) is 0 Å². The molecule has 2 fully saturated rings. The second-order valence-electron chi connectivity index (χ2n) is 8.26. The van der Waals surface area contributed by atoms with Crippen molar-refractivity contribution in [2.75, 3.05) is 49.1 Å². The Morgan fingerprint density at radius 3 is 2.48 bits per heavy atom. The molecule has 2 aromatic heterocycles. The van der Waals surface area contributed by atoms with E-state index in [-0.39, 0.29) is 5.91 Å². The molecule has 0 radical (unpaired) electrons. The largest absolute Gasteiger partial charge is 0.368 e. The van der Waals surface area contributed by atoms with Gasteiger partial charge in [0.15, 0.2) is 0 Å². The van der Waals surface area contributed by atoms with E-state index < -0.39 is 0 Å². The third-order valence-corrected chi connectivity index (χ3v) is 6.97. The number of rotatable bonds is 4. The topological polar surface area (TPSA) is 52.6 Å². The molecule has 7 heteroatoms. The predicted molar refractivity (Wildman–Crippen MR) is 126 cm³/mol. The van der Waals surface area contributed by atoms with Crippen LogP contribution in [0.3, 0.4) is 0 Å². The molecule has 2 saturated heterocycles. The number of aryl methyl sites for hydroxylation is 1. The number of carbonyl (C=O) groups is 1. The van der Waals surface area contributed by atoms with Gasteiger partial charge in [-0.05, 0) is 49.6 Å². The quantitative estimate of drug-likeness (QED) is 0.621. The van der Waals surface area contributed by atoms with Crippen molar-refractivity contribution in [2.45, 2.75) is 19.8 Å². The van der Waals surface area contributed by atoms with Crippen molar-refractivity contribution in [3.05, 3.63) is 59.2 Å². The molecule has 2 aliphatic heterocycles. The monoisotopic (exact) mass is 433 g/mol. The maximum absolute atomic E-state index is 13.0. The van der Waals surface area contributed by atoms with Gasteiger partial charge in [-0.15, -0.1) is 11.3 Å². The number of carbonyl (C=O) groups excluding carboxylic acids is 1. The Morgan fingerprint density at radius 1 is 0.968 bits per heavy atom. The zero-order valence-electron chi connectivity index (χ0n) is 17.8. The molecule has 2 aliphatic rings. The van der Waals surface area contributed by atoms with E-state index in [0.29, 0.717) is 18.8 Å². The molecule has 0 atom stereocenters. The molecular formula is C24H27N5OS. The first-order valence-electron chi connectivity index (χ1n) is 11.0. The highest BCUT2D eigenvalue weighted by atomic mass is 32.1. The summed E-state index contributed by atoms with van der Waals surface area (Å²) in [6.07, 6.45) is 4.35. The van der Waals surface area contributed by atoms with Crippen molar-refractivity contribution in [1.82, 2.24) is 14.9 Å². The summed E-state index contributed by atoms with van der Waals surface area (Å²) in [6, 6.07) is 12.7. The maximum Gasteiger partial charge on any atom is 0.273 e. The van der Waals surface area contributed by atoms with Crippen molar-refractivity contribution in [3.63, 3.8) is 0 Å². The van der Waals surface area contributed by atoms with Gasteiger partial charge in [0.25, 0.3) is 5.91 Å². The standard InChI is InChI=1S/C24H27N5OS/c1-18-5-4-6-20(15-18)27-11-13-29(14-12-27)24(30)21-17-31-23(26-21)19-7-8-22(25-16-19)28-9-2-3-10-28/h4-8,15-17H,2-3,9-14H2,1H3. The summed E-state index contributed by atoms with van der Waals surface area (Å²) in [6.45, 7) is 7.39. The van der Waals surface area contributed by atoms with Crippen LogP contribution in [0.5, 0.6) is 0 Å². The van der Waals surface area contributed by atoms with E-state index in [0.717, 1.165) is 42.6 Å². The van der Waals surface area contributed by atoms with Gasteiger partial charge in [0.1, 0.15) is 16.5 Å². The fourth-order valence-corrected chi connectivity index (χ4v) is 5.09. The first-order chi connectivity index (χ1) is 15.2. The average molecular weight is 434 g/mol. The van der Waals surface area contributed by atoms with Crippen LogP contribution in [0, 0.1) is 6.92 Å². The molecule has 4 heterocycles. The van der Waals surface area contributed by atoms with Crippen LogP contribution in [-0.4, -0.2) is 60.0 Å². The molecule has 5 rings (SSSR count). The smallest absolute Gasteiger partial charge is 0.273 e. The molecule has 31 heavy (non-hydrogen) atoms. The van der Waals surface area contributed by atoms with Gasteiger partial charge in [-0.1, -0.05) is 12.1 Å². The van der Waals surface area contributed by atoms with Crippen molar-refractivity contribution < 1.29 is 4.79 Å². The second-order valence-corrected chi connectivity index (χ2v) is 9.11. The van der Waals surface area contributed by atoms with Gasteiger partial charge in [0.2, 0.25) is 0 Å². The highest BCUT2D eigenvalue weighted by Crippen LogP contribution is 2.27. The molecule has 6 nitrogen and oxygen atoms in total. The van der Waals surface area contributed by atoms with E-state index >= 15 is 0 Å². The molecule has 0 aliphatic carbocycles. The number of pyridine rings is 1. The highest BCUT2D eigenvalue weighted by Gasteiger charge is 2.24. The van der Waals surface area contributed by atoms with Gasteiger partial charge in [0, 0.05) is 62.1 Å². The van der Waals surface area contributed by atoms with Crippen molar-refractivity contribution in [1.29, 1.82) is 0 Å². The molecule has 3 aromatic rings. The molecule has 0 spiro atoms. The number of thiazole rings is 1. The van der Waals surface area contributed by atoms with Crippen molar-refractivity contribution in [3.8, 4) is 10.6 Å². The van der Waals surface area contributed by atoms with Gasteiger partial charge in [-0.2, -0.15) is 0 Å². The van der Waals surface area contributed by atoms with Crippen LogP contribution >= 0.6 is 11.3 Å². The number of aromatic nitrogens is 2. The number of anilines is 2. The van der Waals surface area contributed by atoms with Gasteiger partial charge in [-0.25, -0.2) is 9.97 Å². The summed E-state index contributed by atoms with van der Waals surface area (Å²) in [7, 11) is 0. The van der Waals surface area contributed by atoms with Crippen LogP contribution in [0.15, 0.2) is 48.0 Å². The summed E-state index contributed by atoms with van der Waals surface area (Å²) < 4.78 is 0. The molecule has 0 unspecified atom stereocenters. The highest BCUT2D eigenvalue weighted by molar-refractivity contribution is 7.13. The zero-order valence-corrected chi connectivity index (χ0v) is 18.6. The number of nitrogens with zero attached hydrogens (tertiary/aromatic N) is 5. The lowest BCUT2D eigenvalue weighted by Gasteiger charge is -2.36. The number of benzene rings is 1. The SMILES string of the molecule is Cc1cccc(N2CCN(C(=O)c3csc(-c4ccc(N5CCCC5)nc4)n3)CC2)c1. The van der Waals surface area contributed by atoms with Crippen LogP contribution in [0.4, 0.5) is 11.5 Å². The van der Waals surface area contributed by atoms with E-state index in [9.17, 15) is 4.79 Å². The third-order valence-electron chi connectivity index (χ3n) is 6.08. The van der Waals surface area contributed by atoms with E-state index in [1.54, 1.807) is 0 Å². The lowest BCUT2D eigenvalue weighted by Crippen LogP contribution is -2.48. The molecule has 160 valence electrons. The number of piperazine rings is 1. The number of hydrogen-bond donors (Lipinski definition) is 0. The van der Waals surface area contributed by atoms with Gasteiger partial charge in [0.05, 0.1) is 0 Å². The minimum atomic E-state index is 0.0213. The van der Waals surface area contributed by atoms with Crippen molar-refractivity contribution in [2.24, 2.45) is 0 Å². The van der Waals surface area contributed by atoms with Crippen LogP contribution in [0.25, 0.3) is 10.6 Å². The first kappa shape index (κ1) is 20.0. The molecule has 1 aromatic carbocycles. The van der Waals surface area contributed by atoms with Gasteiger partial charge >= 0.3 is 0 Å². The lowest BCUT2D eigenvalue weighted by molar-refractivity contribution is 0.0742. The third kappa shape index (κ3) is 4.28. The summed E-state index contributed by atoms with van der Waals surface area (Å²) in [5.41, 5.74) is 3.99. The number of hydrogen-bond acceptors (Lipinski definition) is 6. The zero-order chi connectivity index (χ0) is 21.2. The second kappa shape index (κ2) is 8.67. The summed E-state index contributed by atoms with van der Waals surface area (Å²) in [5, 5.41) is 2.72. The van der Waals surface area contributed by atoms with E-state index in [1.807, 2.05) is 16.5 Å². The van der Waals surface area contributed by atoms with Crippen LogP contribution in [0.2, 0.25) is 0 Å². The Hall–Kier alpha value is -2.93. The van der Waals surface area contributed by atoms with Crippen LogP contribution in [-0.2, 0) is 0 Å². The lowest BCUT2D eigenvalue weighted by atomic mass is 10.2. The van der Waals surface area contributed by atoms with Crippen LogP contribution in [0.1, 0.15) is 28.9 Å². The Labute approximate surface area is 187 Å². The Morgan fingerprint density at radius 2 is 1.77 bits per heavy atom. The normalized spacial score (nSPS) is 16.7. The average Bonchev–Trinajstić information content (AvgIpc) is 3.52. The molecule has 0 saturated carbocycles. The Balaban J connectivity index is 1.22. The van der Waals surface area contributed by atoms with E-state index in [2.05, 4.69) is 63.1 Å². The summed E-state index contributed by atoms with van der Waals surface area (Å²) in [5.74, 6) is 1.05. The maximum atomic E-state index is 13.0. The van der Waals surface area contributed by atoms with Gasteiger partial charge < -0.3 is 14.7 Å². The first-order valence-corrected chi connectivity index (χ1v) is 11.8. The van der Waals surface area contributed by atoms with Crippen molar-refractivity contribution >= 4 is 28.7 Å². The van der Waals surface area contributed by atoms with Crippen LogP contribution < -0.4 is 9.80 Å². The van der Waals surface area contributed by atoms with E-state index in [1.165, 1.54) is 35.4 Å². The van der Waals surface area contributed by atoms with Gasteiger partial charge in [-0.3, -0.25) is 4.79 Å². The summed E-state index contributed by atoms with van der Waals surface area (Å²) >= 11 is 1.51. The molecular weight excluding hydrogens is 406 g/mol. The number of amides is 1. The Bertz CT molecular complexity index is 1050. The molecule has 1 amide bonds. The predicted octanol–water partition coefficient (Wildman–Crippen LogP) is 4.08. The minimum Gasteiger partial charge on any atom is -0.368 e. The molecule has 0 N–H and O–H groups in total. The fourth-order valence-electron chi connectivity index (χ4n) is 4.30. The molecule has 0 bridgehead atoms. The minimum absolute atomic E-state index is 0.0213. The Kier molecular flexibility index (Phi) is 5.59. The fraction of sp³-hybridized carbons (Fsp3) is 0.375.